The van der Waals surface area contributed by atoms with Gasteiger partial charge < -0.3 is 5.32 Å². The average molecular weight is 143 g/mol. The number of nitrogens with one attached hydrogen (secondary N) is 1. The summed E-state index contributed by atoms with van der Waals surface area (Å²) in [5.74, 6) is 0. The molecule has 0 fully saturated rings. The molecule has 0 aromatic carbocycles. The van der Waals surface area contributed by atoms with Crippen LogP contribution in [0.5, 0.6) is 0 Å². The first-order valence-corrected chi connectivity index (χ1v) is 5.98. The molecule has 1 N–H and O–H groups in total. The van der Waals surface area contributed by atoms with Crippen LogP contribution in [0.2, 0.25) is 6.04 Å². The lowest BCUT2D eigenvalue weighted by atomic mass is 10.8. The van der Waals surface area contributed by atoms with Crippen LogP contribution in [0.3, 0.4) is 0 Å². The molecule has 0 aliphatic carbocycles. The smallest absolute Gasteiger partial charge is 0.0752 e. The Morgan fingerprint density at radius 2 is 2.22 bits per heavy atom. The lowest BCUT2D eigenvalue weighted by molar-refractivity contribution is 0.823. The largest absolute Gasteiger partial charge is 0.320 e. The maximum absolute atomic E-state index is 3.81. The summed E-state index contributed by atoms with van der Waals surface area (Å²) in [6.45, 7) is 9.29. The van der Waals surface area contributed by atoms with Gasteiger partial charge in [-0.15, -0.1) is 12.3 Å². The van der Waals surface area contributed by atoms with E-state index in [2.05, 4.69) is 31.4 Å². The lowest BCUT2D eigenvalue weighted by Crippen LogP contribution is -2.28. The van der Waals surface area contributed by atoms with Crippen LogP contribution in [-0.4, -0.2) is 21.5 Å². The first kappa shape index (κ1) is 8.92. The van der Waals surface area contributed by atoms with Gasteiger partial charge in [0.05, 0.1) is 8.80 Å². The molecule has 0 aromatic heterocycles. The summed E-state index contributed by atoms with van der Waals surface area (Å²) in [6, 6.07) is 1.33. The highest BCUT2D eigenvalue weighted by atomic mass is 28.3. The maximum atomic E-state index is 3.81. The van der Waals surface area contributed by atoms with Crippen LogP contribution in [-0.2, 0) is 0 Å². The molecule has 0 aromatic rings. The number of hydrogen-bond donors (Lipinski definition) is 1. The van der Waals surface area contributed by atoms with Gasteiger partial charge in [-0.3, -0.25) is 0 Å². The molecule has 0 aliphatic rings. The molecule has 54 valence electrons. The number of rotatable bonds is 5. The van der Waals surface area contributed by atoms with Gasteiger partial charge in [-0.05, 0) is 12.7 Å². The highest BCUT2D eigenvalue weighted by Crippen LogP contribution is 1.88. The Labute approximate surface area is 59.8 Å². The van der Waals surface area contributed by atoms with Gasteiger partial charge in [-0.25, -0.2) is 0 Å². The van der Waals surface area contributed by atoms with Crippen LogP contribution in [0.25, 0.3) is 0 Å². The molecule has 1 unspecified atom stereocenters. The van der Waals surface area contributed by atoms with E-state index in [1.807, 2.05) is 0 Å². The zero-order valence-electron chi connectivity index (χ0n) is 6.48. The summed E-state index contributed by atoms with van der Waals surface area (Å²) in [4.78, 5) is 0. The predicted octanol–water partition coefficient (Wildman–Crippen LogP) is 1.11. The molecule has 0 heterocycles. The Morgan fingerprint density at radius 3 is 2.56 bits per heavy atom. The first-order valence-electron chi connectivity index (χ1n) is 3.68. The third-order valence-corrected chi connectivity index (χ3v) is 4.04. The SMILES string of the molecule is C=C[SiH](CC)CNCC. The molecule has 0 rings (SSSR count). The fraction of sp³-hybridized carbons (Fsp3) is 0.714. The molecule has 0 saturated carbocycles. The van der Waals surface area contributed by atoms with Gasteiger partial charge >= 0.3 is 0 Å². The van der Waals surface area contributed by atoms with Crippen LogP contribution < -0.4 is 5.32 Å². The second kappa shape index (κ2) is 6.04. The third kappa shape index (κ3) is 4.42. The monoisotopic (exact) mass is 143 g/mol. The van der Waals surface area contributed by atoms with Gasteiger partial charge in [-0.1, -0.05) is 19.9 Å². The van der Waals surface area contributed by atoms with Crippen molar-refractivity contribution in [2.75, 3.05) is 12.7 Å². The third-order valence-electron chi connectivity index (χ3n) is 1.51. The van der Waals surface area contributed by atoms with Crippen molar-refractivity contribution in [2.24, 2.45) is 0 Å². The standard InChI is InChI=1S/C7H17NSi/c1-4-8-7-9(5-2)6-3/h5,8-9H,2,4,6-7H2,1,3H3. The van der Waals surface area contributed by atoms with E-state index in [9.17, 15) is 0 Å². The minimum atomic E-state index is -0.557. The van der Waals surface area contributed by atoms with Crippen LogP contribution in [0.1, 0.15) is 13.8 Å². The highest BCUT2D eigenvalue weighted by Gasteiger charge is 1.99. The predicted molar refractivity (Wildman–Crippen MR) is 46.4 cm³/mol. The van der Waals surface area contributed by atoms with E-state index in [0.29, 0.717) is 0 Å². The summed E-state index contributed by atoms with van der Waals surface area (Å²) in [5, 5.41) is 3.34. The van der Waals surface area contributed by atoms with E-state index in [1.165, 1.54) is 12.2 Å². The van der Waals surface area contributed by atoms with Crippen molar-refractivity contribution in [1.29, 1.82) is 0 Å². The molecule has 9 heavy (non-hydrogen) atoms. The van der Waals surface area contributed by atoms with Crippen LogP contribution in [0, 0.1) is 0 Å². The van der Waals surface area contributed by atoms with Crippen molar-refractivity contribution in [2.45, 2.75) is 19.9 Å². The summed E-state index contributed by atoms with van der Waals surface area (Å²) in [7, 11) is -0.557. The Morgan fingerprint density at radius 1 is 1.56 bits per heavy atom. The summed E-state index contributed by atoms with van der Waals surface area (Å²) >= 11 is 0. The first-order chi connectivity index (χ1) is 4.35. The zero-order valence-corrected chi connectivity index (χ0v) is 7.64. The van der Waals surface area contributed by atoms with Gasteiger partial charge in [-0.2, -0.15) is 0 Å². The summed E-state index contributed by atoms with van der Waals surface area (Å²) in [6.07, 6.45) is 1.22. The minimum Gasteiger partial charge on any atom is -0.320 e. The van der Waals surface area contributed by atoms with Gasteiger partial charge in [0.1, 0.15) is 0 Å². The van der Waals surface area contributed by atoms with E-state index < -0.39 is 8.80 Å². The molecule has 0 amide bonds. The van der Waals surface area contributed by atoms with E-state index in [4.69, 9.17) is 0 Å². The normalized spacial score (nSPS) is 13.1. The molecule has 0 spiro atoms. The van der Waals surface area contributed by atoms with Crippen molar-refractivity contribution >= 4 is 8.80 Å². The quantitative estimate of drug-likeness (QED) is 0.568. The van der Waals surface area contributed by atoms with Crippen molar-refractivity contribution in [3.05, 3.63) is 12.3 Å². The molecule has 0 bridgehead atoms. The molecule has 1 nitrogen and oxygen atoms in total. The topological polar surface area (TPSA) is 12.0 Å². The molecule has 2 heteroatoms. The van der Waals surface area contributed by atoms with E-state index in [0.717, 1.165) is 6.54 Å². The van der Waals surface area contributed by atoms with Gasteiger partial charge in [0.2, 0.25) is 0 Å². The Balaban J connectivity index is 3.20. The second-order valence-corrected chi connectivity index (χ2v) is 5.43. The second-order valence-electron chi connectivity index (χ2n) is 2.21. The molecular weight excluding hydrogens is 126 g/mol. The summed E-state index contributed by atoms with van der Waals surface area (Å²) < 4.78 is 0. The van der Waals surface area contributed by atoms with Crippen molar-refractivity contribution < 1.29 is 0 Å². The lowest BCUT2D eigenvalue weighted by Gasteiger charge is -2.06. The van der Waals surface area contributed by atoms with E-state index in [1.54, 1.807) is 0 Å². The van der Waals surface area contributed by atoms with Gasteiger partial charge in [0, 0.05) is 0 Å². The van der Waals surface area contributed by atoms with E-state index >= 15 is 0 Å². The minimum absolute atomic E-state index is 0.557. The van der Waals surface area contributed by atoms with Crippen molar-refractivity contribution in [1.82, 2.24) is 5.32 Å². The van der Waals surface area contributed by atoms with Crippen LogP contribution >= 0.6 is 0 Å². The van der Waals surface area contributed by atoms with Gasteiger partial charge in [0.15, 0.2) is 0 Å². The van der Waals surface area contributed by atoms with Crippen LogP contribution in [0.4, 0.5) is 0 Å². The Bertz CT molecular complexity index is 73.3. The van der Waals surface area contributed by atoms with Gasteiger partial charge in [0.25, 0.3) is 0 Å². The Hall–Kier alpha value is -0.0831. The molecular formula is C7H17NSi. The van der Waals surface area contributed by atoms with Crippen LogP contribution in [0.15, 0.2) is 12.3 Å². The highest BCUT2D eigenvalue weighted by molar-refractivity contribution is 6.64. The molecule has 0 saturated heterocycles. The van der Waals surface area contributed by atoms with E-state index in [-0.39, 0.29) is 0 Å². The van der Waals surface area contributed by atoms with Crippen molar-refractivity contribution in [3.63, 3.8) is 0 Å². The molecule has 0 aliphatic heterocycles. The summed E-state index contributed by atoms with van der Waals surface area (Å²) in [5.41, 5.74) is 2.16. The molecule has 1 atom stereocenters. The van der Waals surface area contributed by atoms with Crippen molar-refractivity contribution in [3.8, 4) is 0 Å². The fourth-order valence-corrected chi connectivity index (χ4v) is 2.17. The number of hydrogen-bond acceptors (Lipinski definition) is 1. The Kier molecular flexibility index (Phi) is 5.99. The molecule has 0 radical (unpaired) electrons. The average Bonchev–Trinajstić information content (AvgIpc) is 1.91. The maximum Gasteiger partial charge on any atom is 0.0752 e. The zero-order chi connectivity index (χ0) is 7.11. The fourth-order valence-electron chi connectivity index (χ4n) is 0.724.